The van der Waals surface area contributed by atoms with Gasteiger partial charge in [0.2, 0.25) is 5.91 Å². The number of H-pyrrole nitrogens is 1. The van der Waals surface area contributed by atoms with Gasteiger partial charge in [-0.3, -0.25) is 9.59 Å². The van der Waals surface area contributed by atoms with Crippen molar-refractivity contribution in [3.63, 3.8) is 0 Å². The van der Waals surface area contributed by atoms with E-state index in [0.717, 1.165) is 23.4 Å². The highest BCUT2D eigenvalue weighted by molar-refractivity contribution is 5.80. The Morgan fingerprint density at radius 1 is 1.50 bits per heavy atom. The highest BCUT2D eigenvalue weighted by Gasteiger charge is 2.31. The molecule has 2 heterocycles. The number of carbonyl (C=O) groups is 2. The number of likely N-dealkylation sites (tertiary alicyclic amines) is 1. The Labute approximate surface area is 139 Å². The number of nitrogens with zero attached hydrogens (tertiary/aromatic N) is 2. The lowest BCUT2D eigenvalue weighted by molar-refractivity contribution is -0.131. The third-order valence-corrected chi connectivity index (χ3v) is 3.98. The molecule has 1 aromatic carbocycles. The van der Waals surface area contributed by atoms with Crippen LogP contribution in [0.3, 0.4) is 0 Å². The number of fused-ring (bicyclic) bond motifs is 1. The van der Waals surface area contributed by atoms with Crippen molar-refractivity contribution in [2.24, 2.45) is 5.92 Å². The molecule has 1 fully saturated rings. The SMILES string of the molecule is CN1CC[C@@H](O)[C@H](C(=O)NCc2nc3ccccc3[nH]2)C1.O=CO. The molecule has 2 aromatic rings. The van der Waals surface area contributed by atoms with Crippen LogP contribution in [0.15, 0.2) is 24.3 Å². The quantitative estimate of drug-likeness (QED) is 0.595. The maximum absolute atomic E-state index is 12.2. The van der Waals surface area contributed by atoms with Crippen molar-refractivity contribution >= 4 is 23.4 Å². The number of carboxylic acid groups (broad SMARTS) is 1. The zero-order chi connectivity index (χ0) is 17.5. The van der Waals surface area contributed by atoms with Gasteiger partial charge in [0.25, 0.3) is 6.47 Å². The van der Waals surface area contributed by atoms with Gasteiger partial charge in [0, 0.05) is 13.1 Å². The molecule has 3 rings (SSSR count). The van der Waals surface area contributed by atoms with Crippen molar-refractivity contribution in [1.82, 2.24) is 20.2 Å². The minimum absolute atomic E-state index is 0.116. The van der Waals surface area contributed by atoms with Gasteiger partial charge in [0.05, 0.1) is 29.6 Å². The van der Waals surface area contributed by atoms with Crippen LogP contribution in [0.1, 0.15) is 12.2 Å². The number of carbonyl (C=O) groups excluding carboxylic acids is 1. The Morgan fingerprint density at radius 3 is 2.92 bits per heavy atom. The van der Waals surface area contributed by atoms with Crippen LogP contribution in [-0.4, -0.2) is 63.7 Å². The van der Waals surface area contributed by atoms with Crippen LogP contribution in [0.4, 0.5) is 0 Å². The van der Waals surface area contributed by atoms with E-state index in [1.54, 1.807) is 0 Å². The van der Waals surface area contributed by atoms with E-state index in [0.29, 0.717) is 19.5 Å². The molecule has 1 aliphatic heterocycles. The fourth-order valence-corrected chi connectivity index (χ4v) is 2.75. The number of imidazole rings is 1. The van der Waals surface area contributed by atoms with Crippen molar-refractivity contribution in [2.45, 2.75) is 19.1 Å². The van der Waals surface area contributed by atoms with Gasteiger partial charge >= 0.3 is 0 Å². The molecule has 0 radical (unpaired) electrons. The number of hydrogen-bond donors (Lipinski definition) is 4. The highest BCUT2D eigenvalue weighted by atomic mass is 16.3. The summed E-state index contributed by atoms with van der Waals surface area (Å²) in [6.45, 7) is 1.52. The molecule has 1 amide bonds. The lowest BCUT2D eigenvalue weighted by atomic mass is 9.94. The van der Waals surface area contributed by atoms with Gasteiger partial charge < -0.3 is 25.4 Å². The molecule has 0 unspecified atom stereocenters. The van der Waals surface area contributed by atoms with E-state index in [1.807, 2.05) is 31.3 Å². The predicted octanol–water partition coefficient (Wildman–Crippen LogP) is 0.193. The van der Waals surface area contributed by atoms with Gasteiger partial charge in [-0.15, -0.1) is 0 Å². The van der Waals surface area contributed by atoms with Crippen LogP contribution in [0.5, 0.6) is 0 Å². The fourth-order valence-electron chi connectivity index (χ4n) is 2.75. The third-order valence-electron chi connectivity index (χ3n) is 3.98. The predicted molar refractivity (Wildman–Crippen MR) is 88.2 cm³/mol. The number of aromatic amines is 1. The van der Waals surface area contributed by atoms with Crippen molar-refractivity contribution in [1.29, 1.82) is 0 Å². The second-order valence-corrected chi connectivity index (χ2v) is 5.75. The van der Waals surface area contributed by atoms with E-state index in [1.165, 1.54) is 0 Å². The zero-order valence-corrected chi connectivity index (χ0v) is 13.5. The Bertz CT molecular complexity index is 655. The summed E-state index contributed by atoms with van der Waals surface area (Å²) in [7, 11) is 1.96. The summed E-state index contributed by atoms with van der Waals surface area (Å²) in [6, 6.07) is 7.75. The van der Waals surface area contributed by atoms with Crippen molar-refractivity contribution in [3.8, 4) is 0 Å². The molecule has 0 bridgehead atoms. The summed E-state index contributed by atoms with van der Waals surface area (Å²) < 4.78 is 0. The summed E-state index contributed by atoms with van der Waals surface area (Å²) in [6.07, 6.45) is 0.0797. The topological polar surface area (TPSA) is 119 Å². The minimum Gasteiger partial charge on any atom is -0.483 e. The van der Waals surface area contributed by atoms with Crippen LogP contribution >= 0.6 is 0 Å². The van der Waals surface area contributed by atoms with Crippen LogP contribution in [0.25, 0.3) is 11.0 Å². The van der Waals surface area contributed by atoms with Crippen molar-refractivity contribution in [3.05, 3.63) is 30.1 Å². The molecule has 0 spiro atoms. The lowest BCUT2D eigenvalue weighted by Gasteiger charge is -2.32. The summed E-state index contributed by atoms with van der Waals surface area (Å²) in [5, 5.41) is 19.7. The monoisotopic (exact) mass is 334 g/mol. The Balaban J connectivity index is 0.000000647. The Kier molecular flexibility index (Phi) is 6.28. The largest absolute Gasteiger partial charge is 0.483 e. The number of aromatic nitrogens is 2. The molecule has 4 N–H and O–H groups in total. The normalized spacial score (nSPS) is 20.9. The van der Waals surface area contributed by atoms with E-state index >= 15 is 0 Å². The van der Waals surface area contributed by atoms with Crippen molar-refractivity contribution in [2.75, 3.05) is 20.1 Å². The lowest BCUT2D eigenvalue weighted by Crippen LogP contribution is -2.48. The number of aliphatic hydroxyl groups is 1. The van der Waals surface area contributed by atoms with Crippen LogP contribution in [0.2, 0.25) is 0 Å². The maximum atomic E-state index is 12.2. The summed E-state index contributed by atoms with van der Waals surface area (Å²) in [4.78, 5) is 30.2. The molecule has 130 valence electrons. The van der Waals surface area contributed by atoms with E-state index in [2.05, 4.69) is 20.2 Å². The minimum atomic E-state index is -0.558. The first-order valence-electron chi connectivity index (χ1n) is 7.71. The maximum Gasteiger partial charge on any atom is 0.290 e. The molecule has 0 saturated carbocycles. The van der Waals surface area contributed by atoms with Gasteiger partial charge in [-0.2, -0.15) is 0 Å². The number of rotatable bonds is 3. The van der Waals surface area contributed by atoms with Gasteiger partial charge in [-0.05, 0) is 25.6 Å². The number of aliphatic hydroxyl groups excluding tert-OH is 1. The summed E-state index contributed by atoms with van der Waals surface area (Å²) in [5.41, 5.74) is 1.85. The third kappa shape index (κ3) is 4.53. The molecule has 8 nitrogen and oxygen atoms in total. The fraction of sp³-hybridized carbons (Fsp3) is 0.438. The van der Waals surface area contributed by atoms with E-state index in [9.17, 15) is 9.90 Å². The highest BCUT2D eigenvalue weighted by Crippen LogP contribution is 2.16. The van der Waals surface area contributed by atoms with Crippen LogP contribution < -0.4 is 5.32 Å². The molecular weight excluding hydrogens is 312 g/mol. The second-order valence-electron chi connectivity index (χ2n) is 5.75. The van der Waals surface area contributed by atoms with Crippen LogP contribution in [0, 0.1) is 5.92 Å². The molecule has 0 aliphatic carbocycles. The Morgan fingerprint density at radius 2 is 2.21 bits per heavy atom. The van der Waals surface area contributed by atoms with E-state index in [-0.39, 0.29) is 18.3 Å². The number of para-hydroxylation sites is 2. The number of nitrogens with one attached hydrogen (secondary N) is 2. The molecule has 24 heavy (non-hydrogen) atoms. The van der Waals surface area contributed by atoms with Crippen molar-refractivity contribution < 1.29 is 19.8 Å². The zero-order valence-electron chi connectivity index (χ0n) is 13.5. The summed E-state index contributed by atoms with van der Waals surface area (Å²) >= 11 is 0. The molecule has 1 aromatic heterocycles. The molecular formula is C16H22N4O4. The number of benzene rings is 1. The standard InChI is InChI=1S/C15H20N4O2.CH2O2/c1-19-7-6-13(20)10(9-19)15(21)16-8-14-17-11-4-2-3-5-12(11)18-14;2-1-3/h2-5,10,13,20H,6-9H2,1H3,(H,16,21)(H,17,18);1H,(H,2,3)/t10-,13-;/m1./s1. The molecule has 1 saturated heterocycles. The van der Waals surface area contributed by atoms with Gasteiger partial charge in [0.1, 0.15) is 5.82 Å². The van der Waals surface area contributed by atoms with E-state index in [4.69, 9.17) is 9.90 Å². The second kappa shape index (κ2) is 8.42. The number of amides is 1. The molecule has 8 heteroatoms. The van der Waals surface area contributed by atoms with E-state index < -0.39 is 6.10 Å². The van der Waals surface area contributed by atoms with Gasteiger partial charge in [0.15, 0.2) is 0 Å². The average Bonchev–Trinajstić information content (AvgIpc) is 2.98. The number of hydrogen-bond acceptors (Lipinski definition) is 5. The number of piperidine rings is 1. The molecule has 1 aliphatic rings. The first kappa shape index (κ1) is 17.9. The summed E-state index contributed by atoms with van der Waals surface area (Å²) in [5.74, 6) is 0.242. The van der Waals surface area contributed by atoms with Gasteiger partial charge in [-0.25, -0.2) is 4.98 Å². The first-order chi connectivity index (χ1) is 11.5. The van der Waals surface area contributed by atoms with Gasteiger partial charge in [-0.1, -0.05) is 12.1 Å². The average molecular weight is 334 g/mol. The Hall–Kier alpha value is -2.45. The smallest absolute Gasteiger partial charge is 0.290 e. The molecule has 2 atom stereocenters. The first-order valence-corrected chi connectivity index (χ1v) is 7.71. The van der Waals surface area contributed by atoms with Crippen LogP contribution in [-0.2, 0) is 16.1 Å².